The number of aromatic nitrogens is 2. The molecule has 5 nitrogen and oxygen atoms in total. The molecule has 0 atom stereocenters. The number of anilines is 1. The summed E-state index contributed by atoms with van der Waals surface area (Å²) in [5.41, 5.74) is 4.79. The topological polar surface area (TPSA) is 59.3 Å². The van der Waals surface area contributed by atoms with E-state index in [0.29, 0.717) is 27.6 Å². The van der Waals surface area contributed by atoms with Gasteiger partial charge in [0.05, 0.1) is 22.8 Å². The van der Waals surface area contributed by atoms with E-state index in [1.165, 1.54) is 4.57 Å². The second-order valence-corrected chi connectivity index (χ2v) is 6.23. The number of hydrogen-bond donors (Lipinski definition) is 1. The van der Waals surface area contributed by atoms with Crippen LogP contribution in [0.25, 0.3) is 16.6 Å². The summed E-state index contributed by atoms with van der Waals surface area (Å²) in [6.45, 7) is 0. The molecule has 6 heteroatoms. The lowest BCUT2D eigenvalue weighted by molar-refractivity contribution is 0.956. The van der Waals surface area contributed by atoms with E-state index in [1.54, 1.807) is 24.4 Å². The molecule has 0 saturated heterocycles. The number of halogens is 1. The first-order valence-electron chi connectivity index (χ1n) is 8.35. The second kappa shape index (κ2) is 7.43. The van der Waals surface area contributed by atoms with Crippen LogP contribution in [0.5, 0.6) is 0 Å². The van der Waals surface area contributed by atoms with E-state index in [0.717, 1.165) is 5.56 Å². The third-order valence-corrected chi connectivity index (χ3v) is 4.41. The Labute approximate surface area is 160 Å². The van der Waals surface area contributed by atoms with Crippen molar-refractivity contribution < 1.29 is 0 Å². The monoisotopic (exact) mass is 374 g/mol. The molecule has 3 aromatic carbocycles. The first-order valence-corrected chi connectivity index (χ1v) is 8.72. The standard InChI is InChI=1S/C21H15ClN4O/c22-18-12-6-4-8-15(18)14-23-25-21-24-19-13-7-5-11-17(19)20(27)26(21)16-9-2-1-3-10-16/h1-14H,(H,24,25)/b23-14+. The highest BCUT2D eigenvalue weighted by Gasteiger charge is 2.11. The van der Waals surface area contributed by atoms with E-state index >= 15 is 0 Å². The highest BCUT2D eigenvalue weighted by atomic mass is 35.5. The molecule has 132 valence electrons. The van der Waals surface area contributed by atoms with Gasteiger partial charge in [-0.3, -0.25) is 4.79 Å². The van der Waals surface area contributed by atoms with Crippen molar-refractivity contribution in [2.24, 2.45) is 5.10 Å². The Bertz CT molecular complexity index is 1190. The molecule has 0 saturated carbocycles. The maximum Gasteiger partial charge on any atom is 0.267 e. The Morgan fingerprint density at radius 3 is 2.44 bits per heavy atom. The quantitative estimate of drug-likeness (QED) is 0.423. The van der Waals surface area contributed by atoms with Crippen LogP contribution in [0, 0.1) is 0 Å². The van der Waals surface area contributed by atoms with E-state index in [4.69, 9.17) is 11.6 Å². The van der Waals surface area contributed by atoms with Gasteiger partial charge in [-0.1, -0.05) is 60.1 Å². The van der Waals surface area contributed by atoms with Gasteiger partial charge in [0, 0.05) is 10.6 Å². The highest BCUT2D eigenvalue weighted by Crippen LogP contribution is 2.16. The van der Waals surface area contributed by atoms with Gasteiger partial charge < -0.3 is 0 Å². The van der Waals surface area contributed by atoms with Crippen molar-refractivity contribution in [3.63, 3.8) is 0 Å². The lowest BCUT2D eigenvalue weighted by Gasteiger charge is -2.12. The fourth-order valence-electron chi connectivity index (χ4n) is 2.76. The minimum Gasteiger partial charge on any atom is -0.268 e. The van der Waals surface area contributed by atoms with Crippen molar-refractivity contribution >= 4 is 34.7 Å². The van der Waals surface area contributed by atoms with E-state index in [1.807, 2.05) is 60.7 Å². The van der Waals surface area contributed by atoms with Crippen LogP contribution in [0.4, 0.5) is 5.95 Å². The van der Waals surface area contributed by atoms with Crippen LogP contribution >= 0.6 is 11.6 Å². The zero-order chi connectivity index (χ0) is 18.6. The molecule has 27 heavy (non-hydrogen) atoms. The van der Waals surface area contributed by atoms with Gasteiger partial charge in [-0.2, -0.15) is 5.10 Å². The summed E-state index contributed by atoms with van der Waals surface area (Å²) < 4.78 is 1.51. The SMILES string of the molecule is O=c1c2ccccc2nc(N/N=C/c2ccccc2Cl)n1-c1ccccc1. The number of benzene rings is 3. The first-order chi connectivity index (χ1) is 13.2. The number of hydrogen-bond acceptors (Lipinski definition) is 4. The minimum atomic E-state index is -0.165. The number of para-hydroxylation sites is 2. The predicted octanol–water partition coefficient (Wildman–Crippen LogP) is 4.49. The molecule has 1 heterocycles. The Kier molecular flexibility index (Phi) is 4.68. The first kappa shape index (κ1) is 17.0. The largest absolute Gasteiger partial charge is 0.268 e. The van der Waals surface area contributed by atoms with Crippen molar-refractivity contribution in [2.75, 3.05) is 5.43 Å². The fourth-order valence-corrected chi connectivity index (χ4v) is 2.95. The minimum absolute atomic E-state index is 0.165. The maximum atomic E-state index is 13.0. The number of nitrogens with one attached hydrogen (secondary N) is 1. The van der Waals surface area contributed by atoms with Crippen LogP contribution in [0.15, 0.2) is 88.8 Å². The normalized spacial score (nSPS) is 11.1. The molecule has 1 aromatic heterocycles. The number of hydrazone groups is 1. The summed E-state index contributed by atoms with van der Waals surface area (Å²) in [5.74, 6) is 0.327. The van der Waals surface area contributed by atoms with Crippen LogP contribution in [0.1, 0.15) is 5.56 Å². The zero-order valence-electron chi connectivity index (χ0n) is 14.2. The van der Waals surface area contributed by atoms with Crippen LogP contribution in [-0.4, -0.2) is 15.8 Å². The molecule has 0 aliphatic rings. The Morgan fingerprint density at radius 1 is 0.926 bits per heavy atom. The summed E-state index contributed by atoms with van der Waals surface area (Å²) in [6, 6.07) is 23.9. The molecule has 0 unspecified atom stereocenters. The zero-order valence-corrected chi connectivity index (χ0v) is 15.0. The molecule has 0 radical (unpaired) electrons. The smallest absolute Gasteiger partial charge is 0.267 e. The second-order valence-electron chi connectivity index (χ2n) is 5.82. The molecule has 1 N–H and O–H groups in total. The van der Waals surface area contributed by atoms with Gasteiger partial charge in [-0.25, -0.2) is 15.0 Å². The summed E-state index contributed by atoms with van der Waals surface area (Å²) in [6.07, 6.45) is 1.60. The average molecular weight is 375 g/mol. The molecule has 0 fully saturated rings. The molecular formula is C21H15ClN4O. The summed E-state index contributed by atoms with van der Waals surface area (Å²) in [7, 11) is 0. The average Bonchev–Trinajstić information content (AvgIpc) is 2.70. The Morgan fingerprint density at radius 2 is 1.63 bits per heavy atom. The van der Waals surface area contributed by atoms with Gasteiger partial charge in [-0.15, -0.1) is 0 Å². The van der Waals surface area contributed by atoms with Crippen LogP contribution in [-0.2, 0) is 0 Å². The van der Waals surface area contributed by atoms with Crippen molar-refractivity contribution in [1.29, 1.82) is 0 Å². The van der Waals surface area contributed by atoms with Gasteiger partial charge in [0.2, 0.25) is 5.95 Å². The van der Waals surface area contributed by atoms with Crippen LogP contribution in [0.3, 0.4) is 0 Å². The van der Waals surface area contributed by atoms with E-state index in [9.17, 15) is 4.79 Å². The van der Waals surface area contributed by atoms with Crippen molar-refractivity contribution in [3.8, 4) is 5.69 Å². The lowest BCUT2D eigenvalue weighted by atomic mass is 10.2. The van der Waals surface area contributed by atoms with Crippen molar-refractivity contribution in [1.82, 2.24) is 9.55 Å². The molecule has 0 aliphatic heterocycles. The Balaban J connectivity index is 1.81. The fraction of sp³-hybridized carbons (Fsp3) is 0. The van der Waals surface area contributed by atoms with Crippen LogP contribution in [0.2, 0.25) is 5.02 Å². The Hall–Kier alpha value is -3.44. The van der Waals surface area contributed by atoms with Gasteiger partial charge in [0.15, 0.2) is 0 Å². The number of fused-ring (bicyclic) bond motifs is 1. The van der Waals surface area contributed by atoms with Gasteiger partial charge >= 0.3 is 0 Å². The van der Waals surface area contributed by atoms with Gasteiger partial charge in [-0.05, 0) is 30.3 Å². The molecule has 4 rings (SSSR count). The summed E-state index contributed by atoms with van der Waals surface area (Å²) in [5, 5.41) is 5.36. The maximum absolute atomic E-state index is 13.0. The molecule has 0 spiro atoms. The molecule has 4 aromatic rings. The summed E-state index contributed by atoms with van der Waals surface area (Å²) in [4.78, 5) is 17.6. The third kappa shape index (κ3) is 3.45. The number of nitrogens with zero attached hydrogens (tertiary/aromatic N) is 3. The summed E-state index contributed by atoms with van der Waals surface area (Å²) >= 11 is 6.15. The number of rotatable bonds is 4. The van der Waals surface area contributed by atoms with Gasteiger partial charge in [0.25, 0.3) is 5.56 Å². The highest BCUT2D eigenvalue weighted by molar-refractivity contribution is 6.33. The predicted molar refractivity (Wildman–Crippen MR) is 110 cm³/mol. The van der Waals surface area contributed by atoms with E-state index < -0.39 is 0 Å². The molecule has 0 aliphatic carbocycles. The third-order valence-electron chi connectivity index (χ3n) is 4.06. The van der Waals surface area contributed by atoms with Gasteiger partial charge in [0.1, 0.15) is 0 Å². The molecule has 0 amide bonds. The van der Waals surface area contributed by atoms with Crippen LogP contribution < -0.4 is 11.0 Å². The lowest BCUT2D eigenvalue weighted by Crippen LogP contribution is -2.22. The van der Waals surface area contributed by atoms with E-state index in [-0.39, 0.29) is 5.56 Å². The van der Waals surface area contributed by atoms with E-state index in [2.05, 4.69) is 15.5 Å². The van der Waals surface area contributed by atoms with Crippen molar-refractivity contribution in [3.05, 3.63) is 99.8 Å². The molecule has 0 bridgehead atoms. The van der Waals surface area contributed by atoms with Crippen molar-refractivity contribution in [2.45, 2.75) is 0 Å². The molecular weight excluding hydrogens is 360 g/mol.